The van der Waals surface area contributed by atoms with Crippen molar-refractivity contribution in [1.29, 1.82) is 0 Å². The monoisotopic (exact) mass is 538 g/mol. The molecule has 0 saturated carbocycles. The zero-order valence-electron chi connectivity index (χ0n) is 23.4. The second kappa shape index (κ2) is 12.4. The van der Waals surface area contributed by atoms with Crippen LogP contribution in [0.5, 0.6) is 0 Å². The van der Waals surface area contributed by atoms with E-state index in [0.717, 1.165) is 15.7 Å². The number of imide groups is 1. The summed E-state index contributed by atoms with van der Waals surface area (Å²) in [5.74, 6) is -2.14. The Kier molecular flexibility index (Phi) is 9.45. The standard InChI is InChI=1S/C29H38N4O6/c1-17(2)13-23(25(35)31-16-24(34)30-6)32-22(28(38)39-29(3,4)5)11-12-33-26(36)20-14-18-9-7-8-10-19(18)15-21(20)27(33)37/h7-10,14-15,17,22-23,32H,11-13,16H2,1-6H3,(H,30,34)(H,31,35)/t22-,23+/m1/s1. The minimum atomic E-state index is -0.984. The van der Waals surface area contributed by atoms with E-state index >= 15 is 0 Å². The fraction of sp³-hybridized carbons (Fsp3) is 0.483. The first-order chi connectivity index (χ1) is 18.3. The molecule has 210 valence electrons. The topological polar surface area (TPSA) is 134 Å². The first-order valence-corrected chi connectivity index (χ1v) is 13.2. The van der Waals surface area contributed by atoms with E-state index in [1.165, 1.54) is 7.05 Å². The zero-order chi connectivity index (χ0) is 28.9. The largest absolute Gasteiger partial charge is 0.459 e. The summed E-state index contributed by atoms with van der Waals surface area (Å²) in [5, 5.41) is 9.82. The molecule has 0 radical (unpaired) electrons. The molecule has 3 rings (SSSR count). The summed E-state index contributed by atoms with van der Waals surface area (Å²) in [6.45, 7) is 8.83. The number of nitrogens with zero attached hydrogens (tertiary/aromatic N) is 1. The second-order valence-corrected chi connectivity index (χ2v) is 11.1. The van der Waals surface area contributed by atoms with Crippen LogP contribution in [0.3, 0.4) is 0 Å². The van der Waals surface area contributed by atoms with Crippen molar-refractivity contribution in [3.63, 3.8) is 0 Å². The number of nitrogens with one attached hydrogen (secondary N) is 3. The van der Waals surface area contributed by atoms with E-state index in [0.29, 0.717) is 17.5 Å². The maximum atomic E-state index is 13.2. The van der Waals surface area contributed by atoms with Gasteiger partial charge < -0.3 is 15.4 Å². The van der Waals surface area contributed by atoms with Crippen LogP contribution in [0, 0.1) is 5.92 Å². The van der Waals surface area contributed by atoms with Gasteiger partial charge in [-0.2, -0.15) is 0 Å². The Labute approximate surface area is 228 Å². The van der Waals surface area contributed by atoms with Crippen molar-refractivity contribution in [3.8, 4) is 0 Å². The van der Waals surface area contributed by atoms with Crippen LogP contribution in [0.1, 0.15) is 68.2 Å². The predicted octanol–water partition coefficient (Wildman–Crippen LogP) is 2.40. The average molecular weight is 539 g/mol. The van der Waals surface area contributed by atoms with E-state index in [-0.39, 0.29) is 31.3 Å². The first kappa shape index (κ1) is 29.8. The van der Waals surface area contributed by atoms with E-state index < -0.39 is 41.4 Å². The fourth-order valence-electron chi connectivity index (χ4n) is 4.42. The van der Waals surface area contributed by atoms with Crippen LogP contribution in [0.4, 0.5) is 0 Å². The molecule has 10 heteroatoms. The van der Waals surface area contributed by atoms with Crippen LogP contribution >= 0.6 is 0 Å². The highest BCUT2D eigenvalue weighted by Crippen LogP contribution is 2.28. The van der Waals surface area contributed by atoms with Gasteiger partial charge in [-0.15, -0.1) is 0 Å². The number of amides is 4. The highest BCUT2D eigenvalue weighted by Gasteiger charge is 2.37. The molecule has 0 spiro atoms. The van der Waals surface area contributed by atoms with E-state index in [9.17, 15) is 24.0 Å². The van der Waals surface area contributed by atoms with E-state index in [1.54, 1.807) is 32.9 Å². The summed E-state index contributed by atoms with van der Waals surface area (Å²) < 4.78 is 5.60. The maximum absolute atomic E-state index is 13.2. The van der Waals surface area contributed by atoms with Crippen molar-refractivity contribution in [1.82, 2.24) is 20.9 Å². The van der Waals surface area contributed by atoms with Crippen molar-refractivity contribution >= 4 is 40.4 Å². The summed E-state index contributed by atoms with van der Waals surface area (Å²) in [4.78, 5) is 65.3. The highest BCUT2D eigenvalue weighted by molar-refractivity contribution is 6.23. The van der Waals surface area contributed by atoms with Gasteiger partial charge in [-0.25, -0.2) is 0 Å². The third-order valence-electron chi connectivity index (χ3n) is 6.30. The number of fused-ring (bicyclic) bond motifs is 2. The maximum Gasteiger partial charge on any atom is 0.323 e. The summed E-state index contributed by atoms with van der Waals surface area (Å²) in [6.07, 6.45) is 0.426. The number of ether oxygens (including phenoxy) is 1. The Balaban J connectivity index is 1.81. The number of rotatable bonds is 11. The lowest BCUT2D eigenvalue weighted by Crippen LogP contribution is -2.54. The lowest BCUT2D eigenvalue weighted by atomic mass is 10.0. The average Bonchev–Trinajstić information content (AvgIpc) is 3.09. The molecular formula is C29H38N4O6. The SMILES string of the molecule is CNC(=O)CNC(=O)[C@H](CC(C)C)N[C@H](CCN1C(=O)c2cc3ccccc3cc2C1=O)C(=O)OC(C)(C)C. The molecule has 0 fully saturated rings. The molecule has 0 saturated heterocycles. The zero-order valence-corrected chi connectivity index (χ0v) is 23.4. The predicted molar refractivity (Wildman–Crippen MR) is 147 cm³/mol. The van der Waals surface area contributed by atoms with Crippen LogP contribution in [0.25, 0.3) is 10.8 Å². The Morgan fingerprint density at radius 3 is 2.00 bits per heavy atom. The van der Waals surface area contributed by atoms with Gasteiger partial charge in [0.15, 0.2) is 0 Å². The van der Waals surface area contributed by atoms with Gasteiger partial charge in [-0.3, -0.25) is 34.2 Å². The number of benzene rings is 2. The van der Waals surface area contributed by atoms with Gasteiger partial charge in [0.05, 0.1) is 23.7 Å². The molecule has 2 aromatic carbocycles. The molecule has 2 aromatic rings. The molecule has 2 atom stereocenters. The Bertz CT molecular complexity index is 1210. The van der Waals surface area contributed by atoms with Crippen LogP contribution in [-0.4, -0.2) is 72.3 Å². The number of carbonyl (C=O) groups excluding carboxylic acids is 5. The number of hydrogen-bond acceptors (Lipinski definition) is 7. The highest BCUT2D eigenvalue weighted by atomic mass is 16.6. The molecule has 4 amide bonds. The number of likely N-dealkylation sites (N-methyl/N-ethyl adjacent to an activating group) is 1. The summed E-state index contributed by atoms with van der Waals surface area (Å²) in [7, 11) is 1.47. The van der Waals surface area contributed by atoms with Gasteiger partial charge in [-0.05, 0) is 62.4 Å². The van der Waals surface area contributed by atoms with E-state index in [4.69, 9.17) is 4.74 Å². The molecular weight excluding hydrogens is 500 g/mol. The van der Waals surface area contributed by atoms with Crippen molar-refractivity contribution < 1.29 is 28.7 Å². The molecule has 0 aliphatic carbocycles. The Morgan fingerprint density at radius 2 is 1.51 bits per heavy atom. The smallest absolute Gasteiger partial charge is 0.323 e. The third-order valence-corrected chi connectivity index (χ3v) is 6.30. The normalized spacial score (nSPS) is 14.8. The van der Waals surface area contributed by atoms with Gasteiger partial charge in [-0.1, -0.05) is 38.1 Å². The van der Waals surface area contributed by atoms with E-state index in [1.807, 2.05) is 38.1 Å². The number of carbonyl (C=O) groups is 5. The Morgan fingerprint density at radius 1 is 0.949 bits per heavy atom. The van der Waals surface area contributed by atoms with Crippen LogP contribution in [0.2, 0.25) is 0 Å². The number of hydrogen-bond donors (Lipinski definition) is 3. The number of esters is 1. The Hall–Kier alpha value is -3.79. The summed E-state index contributed by atoms with van der Waals surface area (Å²) in [5.41, 5.74) is -0.139. The van der Waals surface area contributed by atoms with E-state index in [2.05, 4.69) is 16.0 Å². The van der Waals surface area contributed by atoms with Crippen molar-refractivity contribution in [3.05, 3.63) is 47.5 Å². The van der Waals surface area contributed by atoms with Crippen LogP contribution in [-0.2, 0) is 19.1 Å². The minimum absolute atomic E-state index is 0.0389. The van der Waals surface area contributed by atoms with Crippen LogP contribution in [0.15, 0.2) is 36.4 Å². The molecule has 3 N–H and O–H groups in total. The minimum Gasteiger partial charge on any atom is -0.459 e. The molecule has 1 aliphatic heterocycles. The quantitative estimate of drug-likeness (QED) is 0.295. The molecule has 39 heavy (non-hydrogen) atoms. The van der Waals surface area contributed by atoms with Crippen molar-refractivity contribution in [2.75, 3.05) is 20.1 Å². The summed E-state index contributed by atoms with van der Waals surface area (Å²) >= 11 is 0. The first-order valence-electron chi connectivity index (χ1n) is 13.2. The van der Waals surface area contributed by atoms with Gasteiger partial charge in [0.25, 0.3) is 11.8 Å². The van der Waals surface area contributed by atoms with Gasteiger partial charge in [0.1, 0.15) is 11.6 Å². The lowest BCUT2D eigenvalue weighted by molar-refractivity contribution is -0.158. The molecule has 1 heterocycles. The van der Waals surface area contributed by atoms with Crippen molar-refractivity contribution in [2.45, 2.75) is 65.1 Å². The van der Waals surface area contributed by atoms with Crippen molar-refractivity contribution in [2.24, 2.45) is 5.92 Å². The van der Waals surface area contributed by atoms with Gasteiger partial charge >= 0.3 is 5.97 Å². The van der Waals surface area contributed by atoms with Gasteiger partial charge in [0.2, 0.25) is 11.8 Å². The molecule has 1 aliphatic rings. The molecule has 0 aromatic heterocycles. The second-order valence-electron chi connectivity index (χ2n) is 11.1. The molecule has 10 nitrogen and oxygen atoms in total. The molecule has 0 unspecified atom stereocenters. The molecule has 0 bridgehead atoms. The van der Waals surface area contributed by atoms with Crippen LogP contribution < -0.4 is 16.0 Å². The lowest BCUT2D eigenvalue weighted by Gasteiger charge is -2.29. The summed E-state index contributed by atoms with van der Waals surface area (Å²) in [6, 6.07) is 9.12. The fourth-order valence-corrected chi connectivity index (χ4v) is 4.42. The third kappa shape index (κ3) is 7.63. The van der Waals surface area contributed by atoms with Gasteiger partial charge in [0, 0.05) is 13.6 Å².